The van der Waals surface area contributed by atoms with Crippen molar-refractivity contribution < 1.29 is 14.0 Å². The van der Waals surface area contributed by atoms with Gasteiger partial charge in [-0.05, 0) is 43.0 Å². The van der Waals surface area contributed by atoms with Crippen LogP contribution in [-0.4, -0.2) is 23.3 Å². The highest BCUT2D eigenvalue weighted by Gasteiger charge is 2.33. The first-order valence-corrected chi connectivity index (χ1v) is 10.5. The highest BCUT2D eigenvalue weighted by Crippen LogP contribution is 2.37. The average molecular weight is 394 g/mol. The Balaban J connectivity index is 1.70. The lowest BCUT2D eigenvalue weighted by atomic mass is 9.93. The molecule has 0 unspecified atom stereocenters. The van der Waals surface area contributed by atoms with Crippen molar-refractivity contribution in [1.29, 1.82) is 0 Å². The number of carbonyl (C=O) groups excluding carboxylic acids is 2. The molecule has 5 heteroatoms. The maximum Gasteiger partial charge on any atom is 0.244 e. The maximum atomic E-state index is 13.6. The standard InChI is InChI=1S/C24H27FN2O2/c1-16-6-12-21-20(14-16)24(18-8-10-19(25)11-9-18)27(15-22(28)26-21)23(29)13-7-17-4-2-3-5-17/h6,8-12,14,17,24H,2-5,7,13,15H2,1H3,(H,26,28)/t24-/m0/s1. The Morgan fingerprint density at radius 3 is 2.59 bits per heavy atom. The molecule has 4 rings (SSSR count). The van der Waals surface area contributed by atoms with Gasteiger partial charge in [0.25, 0.3) is 0 Å². The number of nitrogens with one attached hydrogen (secondary N) is 1. The fourth-order valence-corrected chi connectivity index (χ4v) is 4.63. The summed E-state index contributed by atoms with van der Waals surface area (Å²) >= 11 is 0. The lowest BCUT2D eigenvalue weighted by Gasteiger charge is -2.31. The minimum Gasteiger partial charge on any atom is -0.324 e. The molecule has 2 aromatic carbocycles. The van der Waals surface area contributed by atoms with E-state index in [4.69, 9.17) is 0 Å². The summed E-state index contributed by atoms with van der Waals surface area (Å²) in [5.74, 6) is 0.0726. The summed E-state index contributed by atoms with van der Waals surface area (Å²) in [6, 6.07) is 11.6. The number of benzene rings is 2. The van der Waals surface area contributed by atoms with Crippen LogP contribution < -0.4 is 5.32 Å². The fourth-order valence-electron chi connectivity index (χ4n) is 4.63. The summed E-state index contributed by atoms with van der Waals surface area (Å²) in [4.78, 5) is 27.5. The lowest BCUT2D eigenvalue weighted by Crippen LogP contribution is -2.39. The number of amides is 2. The van der Waals surface area contributed by atoms with Crippen LogP contribution in [0.1, 0.15) is 61.3 Å². The van der Waals surface area contributed by atoms with Gasteiger partial charge >= 0.3 is 0 Å². The molecule has 1 aliphatic heterocycles. The second-order valence-corrected chi connectivity index (χ2v) is 8.30. The van der Waals surface area contributed by atoms with E-state index in [9.17, 15) is 14.0 Å². The number of aryl methyl sites for hydroxylation is 1. The molecule has 0 aromatic heterocycles. The molecule has 29 heavy (non-hydrogen) atoms. The van der Waals surface area contributed by atoms with Crippen LogP contribution in [0.3, 0.4) is 0 Å². The van der Waals surface area contributed by atoms with E-state index < -0.39 is 6.04 Å². The summed E-state index contributed by atoms with van der Waals surface area (Å²) in [6.45, 7) is 1.99. The van der Waals surface area contributed by atoms with Gasteiger partial charge in [0.15, 0.2) is 0 Å². The van der Waals surface area contributed by atoms with Crippen LogP contribution in [-0.2, 0) is 9.59 Å². The Morgan fingerprint density at radius 1 is 1.14 bits per heavy atom. The molecule has 2 aromatic rings. The first kappa shape index (κ1) is 19.6. The van der Waals surface area contributed by atoms with E-state index in [0.29, 0.717) is 18.0 Å². The Morgan fingerprint density at radius 2 is 1.86 bits per heavy atom. The monoisotopic (exact) mass is 394 g/mol. The molecule has 0 saturated heterocycles. The van der Waals surface area contributed by atoms with Crippen LogP contribution in [0.5, 0.6) is 0 Å². The number of carbonyl (C=O) groups is 2. The molecular weight excluding hydrogens is 367 g/mol. The Bertz CT molecular complexity index is 904. The van der Waals surface area contributed by atoms with Gasteiger partial charge in [-0.3, -0.25) is 9.59 Å². The van der Waals surface area contributed by atoms with Crippen molar-refractivity contribution in [2.45, 2.75) is 51.5 Å². The van der Waals surface area contributed by atoms with Gasteiger partial charge in [0, 0.05) is 17.7 Å². The van der Waals surface area contributed by atoms with Crippen molar-refractivity contribution in [3.05, 3.63) is 65.0 Å². The molecule has 0 spiro atoms. The number of rotatable bonds is 4. The summed E-state index contributed by atoms with van der Waals surface area (Å²) in [7, 11) is 0. The Labute approximate surface area is 171 Å². The number of hydrogen-bond acceptors (Lipinski definition) is 2. The smallest absolute Gasteiger partial charge is 0.244 e. The molecule has 152 valence electrons. The van der Waals surface area contributed by atoms with E-state index >= 15 is 0 Å². The van der Waals surface area contributed by atoms with Crippen LogP contribution in [0.2, 0.25) is 0 Å². The molecule has 4 nitrogen and oxygen atoms in total. The quantitative estimate of drug-likeness (QED) is 0.796. The van der Waals surface area contributed by atoms with Crippen molar-refractivity contribution in [3.63, 3.8) is 0 Å². The van der Waals surface area contributed by atoms with Crippen LogP contribution >= 0.6 is 0 Å². The largest absolute Gasteiger partial charge is 0.324 e. The van der Waals surface area contributed by atoms with Crippen molar-refractivity contribution in [3.8, 4) is 0 Å². The van der Waals surface area contributed by atoms with Gasteiger partial charge < -0.3 is 10.2 Å². The molecule has 1 aliphatic carbocycles. The molecule has 2 amide bonds. The summed E-state index contributed by atoms with van der Waals surface area (Å²) in [5.41, 5.74) is 3.44. The first-order valence-electron chi connectivity index (χ1n) is 10.5. The van der Waals surface area contributed by atoms with Crippen LogP contribution in [0.25, 0.3) is 0 Å². The van der Waals surface area contributed by atoms with Gasteiger partial charge in [-0.15, -0.1) is 0 Å². The zero-order valence-electron chi connectivity index (χ0n) is 16.8. The number of halogens is 1. The van der Waals surface area contributed by atoms with Gasteiger partial charge in [0.1, 0.15) is 12.4 Å². The highest BCUT2D eigenvalue weighted by atomic mass is 19.1. The van der Waals surface area contributed by atoms with Crippen LogP contribution in [0, 0.1) is 18.7 Å². The fraction of sp³-hybridized carbons (Fsp3) is 0.417. The van der Waals surface area contributed by atoms with Gasteiger partial charge in [0.2, 0.25) is 11.8 Å². The predicted molar refractivity (Wildman–Crippen MR) is 111 cm³/mol. The van der Waals surface area contributed by atoms with E-state index in [-0.39, 0.29) is 24.2 Å². The van der Waals surface area contributed by atoms with Gasteiger partial charge in [-0.2, -0.15) is 0 Å². The van der Waals surface area contributed by atoms with E-state index in [2.05, 4.69) is 5.32 Å². The van der Waals surface area contributed by atoms with E-state index in [1.807, 2.05) is 25.1 Å². The first-order chi connectivity index (χ1) is 14.0. The molecule has 0 radical (unpaired) electrons. The number of fused-ring (bicyclic) bond motifs is 1. The molecule has 2 aliphatic rings. The normalized spacial score (nSPS) is 19.6. The minimum absolute atomic E-state index is 0.000723. The third kappa shape index (κ3) is 4.34. The average Bonchev–Trinajstić information content (AvgIpc) is 3.17. The molecule has 0 bridgehead atoms. The maximum absolute atomic E-state index is 13.6. The second kappa shape index (κ2) is 8.36. The molecule has 1 atom stereocenters. The van der Waals surface area contributed by atoms with Crippen LogP contribution in [0.15, 0.2) is 42.5 Å². The molecular formula is C24H27FN2O2. The van der Waals surface area contributed by atoms with Crippen molar-refractivity contribution in [1.82, 2.24) is 4.90 Å². The molecule has 1 fully saturated rings. The summed E-state index contributed by atoms with van der Waals surface area (Å²) in [5, 5.41) is 2.94. The predicted octanol–water partition coefficient (Wildman–Crippen LogP) is 4.97. The SMILES string of the molecule is Cc1ccc2c(c1)[C@H](c1ccc(F)cc1)N(C(=O)CCC1CCCC1)CC(=O)N2. The van der Waals surface area contributed by atoms with Crippen molar-refractivity contribution >= 4 is 17.5 Å². The zero-order chi connectivity index (χ0) is 20.4. The lowest BCUT2D eigenvalue weighted by molar-refractivity contribution is -0.136. The minimum atomic E-state index is -0.416. The molecule has 1 heterocycles. The number of hydrogen-bond donors (Lipinski definition) is 1. The molecule has 1 saturated carbocycles. The van der Waals surface area contributed by atoms with Crippen molar-refractivity contribution in [2.24, 2.45) is 5.92 Å². The van der Waals surface area contributed by atoms with Crippen LogP contribution in [0.4, 0.5) is 10.1 Å². The van der Waals surface area contributed by atoms with E-state index in [1.165, 1.54) is 37.8 Å². The number of nitrogens with zero attached hydrogens (tertiary/aromatic N) is 1. The Hall–Kier alpha value is -2.69. The number of anilines is 1. The van der Waals surface area contributed by atoms with Gasteiger partial charge in [-0.25, -0.2) is 4.39 Å². The zero-order valence-corrected chi connectivity index (χ0v) is 16.8. The second-order valence-electron chi connectivity index (χ2n) is 8.30. The van der Waals surface area contributed by atoms with E-state index in [1.54, 1.807) is 17.0 Å². The summed E-state index contributed by atoms with van der Waals surface area (Å²) < 4.78 is 13.6. The summed E-state index contributed by atoms with van der Waals surface area (Å²) in [6.07, 6.45) is 6.19. The topological polar surface area (TPSA) is 49.4 Å². The third-order valence-corrected chi connectivity index (χ3v) is 6.15. The van der Waals surface area contributed by atoms with Crippen molar-refractivity contribution in [2.75, 3.05) is 11.9 Å². The molecule has 1 N–H and O–H groups in total. The van der Waals surface area contributed by atoms with Gasteiger partial charge in [0.05, 0.1) is 6.04 Å². The highest BCUT2D eigenvalue weighted by molar-refractivity contribution is 5.97. The Kier molecular flexibility index (Phi) is 5.65. The third-order valence-electron chi connectivity index (χ3n) is 6.15. The van der Waals surface area contributed by atoms with Gasteiger partial charge in [-0.1, -0.05) is 55.5 Å². The van der Waals surface area contributed by atoms with E-state index in [0.717, 1.165) is 23.1 Å².